The van der Waals surface area contributed by atoms with Crippen molar-refractivity contribution in [2.45, 2.75) is 13.8 Å². The van der Waals surface area contributed by atoms with Crippen molar-refractivity contribution in [3.63, 3.8) is 0 Å². The second-order valence-corrected chi connectivity index (χ2v) is 4.95. The molecule has 3 nitrogen and oxygen atoms in total. The molecule has 1 N–H and O–H groups in total. The van der Waals surface area contributed by atoms with E-state index in [2.05, 4.69) is 18.1 Å². The summed E-state index contributed by atoms with van der Waals surface area (Å²) in [6.45, 7) is 4.10. The maximum Gasteiger partial charge on any atom is 0.231 e. The highest BCUT2D eigenvalue weighted by molar-refractivity contribution is 5.66. The standard InChI is InChI=1S/C17H16N2O/c1-12-6-5-8-14(10-12)19-16(11-17(20)18-19)15-9-4-3-7-13(15)2/h3-11H,1-2H3,(H,18,20). The van der Waals surface area contributed by atoms with Crippen molar-refractivity contribution in [2.75, 3.05) is 0 Å². The van der Waals surface area contributed by atoms with Crippen LogP contribution in [0.2, 0.25) is 0 Å². The van der Waals surface area contributed by atoms with E-state index in [1.54, 1.807) is 10.7 Å². The highest BCUT2D eigenvalue weighted by atomic mass is 16.3. The second-order valence-electron chi connectivity index (χ2n) is 4.95. The molecule has 20 heavy (non-hydrogen) atoms. The quantitative estimate of drug-likeness (QED) is 0.763. The topological polar surface area (TPSA) is 38.0 Å². The predicted octanol–water partition coefficient (Wildman–Crippen LogP) is 3.86. The van der Waals surface area contributed by atoms with Crippen molar-refractivity contribution >= 4 is 0 Å². The monoisotopic (exact) mass is 264 g/mol. The van der Waals surface area contributed by atoms with Crippen LogP contribution in [0.4, 0.5) is 0 Å². The summed E-state index contributed by atoms with van der Waals surface area (Å²) in [5.41, 5.74) is 5.23. The van der Waals surface area contributed by atoms with E-state index in [-0.39, 0.29) is 5.88 Å². The van der Waals surface area contributed by atoms with Crippen molar-refractivity contribution in [3.8, 4) is 22.8 Å². The van der Waals surface area contributed by atoms with Crippen molar-refractivity contribution < 1.29 is 5.11 Å². The molecule has 0 aliphatic rings. The molecule has 3 heteroatoms. The Labute approximate surface area is 118 Å². The normalized spacial score (nSPS) is 10.7. The first-order chi connectivity index (χ1) is 9.65. The van der Waals surface area contributed by atoms with E-state index in [9.17, 15) is 5.11 Å². The van der Waals surface area contributed by atoms with E-state index in [1.165, 1.54) is 0 Å². The van der Waals surface area contributed by atoms with Gasteiger partial charge in [0, 0.05) is 11.6 Å². The fourth-order valence-corrected chi connectivity index (χ4v) is 2.38. The summed E-state index contributed by atoms with van der Waals surface area (Å²) >= 11 is 0. The number of hydrogen-bond acceptors (Lipinski definition) is 2. The van der Waals surface area contributed by atoms with Crippen LogP contribution in [0.5, 0.6) is 5.88 Å². The zero-order chi connectivity index (χ0) is 14.1. The van der Waals surface area contributed by atoms with Gasteiger partial charge in [-0.2, -0.15) is 0 Å². The summed E-state index contributed by atoms with van der Waals surface area (Å²) < 4.78 is 1.78. The van der Waals surface area contributed by atoms with Gasteiger partial charge in [0.2, 0.25) is 5.88 Å². The number of aromatic nitrogens is 2. The van der Waals surface area contributed by atoms with Gasteiger partial charge in [0.25, 0.3) is 0 Å². The van der Waals surface area contributed by atoms with Crippen LogP contribution in [0, 0.1) is 13.8 Å². The minimum atomic E-state index is 0.0322. The maximum atomic E-state index is 9.78. The van der Waals surface area contributed by atoms with Gasteiger partial charge in [-0.15, -0.1) is 5.10 Å². The summed E-state index contributed by atoms with van der Waals surface area (Å²) in [5, 5.41) is 14.0. The molecule has 2 aromatic carbocycles. The maximum absolute atomic E-state index is 9.78. The van der Waals surface area contributed by atoms with Gasteiger partial charge in [0.05, 0.1) is 11.4 Å². The Bertz CT molecular complexity index is 759. The number of rotatable bonds is 2. The van der Waals surface area contributed by atoms with Crippen LogP contribution < -0.4 is 0 Å². The molecule has 3 aromatic rings. The Morgan fingerprint density at radius 2 is 1.75 bits per heavy atom. The number of aromatic hydroxyl groups is 1. The molecule has 0 aliphatic carbocycles. The Hall–Kier alpha value is -2.55. The Morgan fingerprint density at radius 1 is 0.950 bits per heavy atom. The number of hydrogen-bond donors (Lipinski definition) is 1. The van der Waals surface area contributed by atoms with Gasteiger partial charge in [0.1, 0.15) is 0 Å². The van der Waals surface area contributed by atoms with Crippen molar-refractivity contribution in [1.82, 2.24) is 9.78 Å². The first-order valence-corrected chi connectivity index (χ1v) is 6.57. The summed E-state index contributed by atoms with van der Waals surface area (Å²) in [7, 11) is 0. The fraction of sp³-hybridized carbons (Fsp3) is 0.118. The Balaban J connectivity index is 2.21. The van der Waals surface area contributed by atoms with Crippen LogP contribution in [0.25, 0.3) is 16.9 Å². The third-order valence-electron chi connectivity index (χ3n) is 3.36. The van der Waals surface area contributed by atoms with Gasteiger partial charge in [-0.1, -0.05) is 36.4 Å². The van der Waals surface area contributed by atoms with Crippen molar-refractivity contribution in [1.29, 1.82) is 0 Å². The molecular weight excluding hydrogens is 248 g/mol. The average Bonchev–Trinajstić information content (AvgIpc) is 2.81. The molecule has 0 spiro atoms. The smallest absolute Gasteiger partial charge is 0.231 e. The second kappa shape index (κ2) is 4.85. The van der Waals surface area contributed by atoms with E-state index in [4.69, 9.17) is 0 Å². The van der Waals surface area contributed by atoms with E-state index < -0.39 is 0 Å². The van der Waals surface area contributed by atoms with E-state index in [0.717, 1.165) is 28.1 Å². The van der Waals surface area contributed by atoms with Gasteiger partial charge in [0.15, 0.2) is 0 Å². The molecule has 3 rings (SSSR count). The molecular formula is C17H16N2O. The highest BCUT2D eigenvalue weighted by Crippen LogP contribution is 2.28. The third-order valence-corrected chi connectivity index (χ3v) is 3.36. The molecule has 0 bridgehead atoms. The lowest BCUT2D eigenvalue weighted by Gasteiger charge is -2.10. The first-order valence-electron chi connectivity index (χ1n) is 6.57. The number of nitrogens with zero attached hydrogens (tertiary/aromatic N) is 2. The molecule has 1 aromatic heterocycles. The zero-order valence-electron chi connectivity index (χ0n) is 11.5. The van der Waals surface area contributed by atoms with E-state index in [1.807, 2.05) is 49.4 Å². The SMILES string of the molecule is Cc1cccc(-n2nc(O)cc2-c2ccccc2C)c1. The molecule has 0 aliphatic heterocycles. The van der Waals surface area contributed by atoms with Gasteiger partial charge < -0.3 is 5.11 Å². The lowest BCUT2D eigenvalue weighted by molar-refractivity contribution is 0.448. The van der Waals surface area contributed by atoms with Crippen LogP contribution in [-0.2, 0) is 0 Å². The minimum absolute atomic E-state index is 0.0322. The zero-order valence-corrected chi connectivity index (χ0v) is 11.5. The summed E-state index contributed by atoms with van der Waals surface area (Å²) in [5.74, 6) is 0.0322. The van der Waals surface area contributed by atoms with Gasteiger partial charge >= 0.3 is 0 Å². The minimum Gasteiger partial charge on any atom is -0.492 e. The third kappa shape index (κ3) is 2.18. The Kier molecular flexibility index (Phi) is 3.03. The van der Waals surface area contributed by atoms with Crippen LogP contribution in [0.1, 0.15) is 11.1 Å². The van der Waals surface area contributed by atoms with Crippen LogP contribution in [-0.4, -0.2) is 14.9 Å². The summed E-state index contributed by atoms with van der Waals surface area (Å²) in [6, 6.07) is 17.9. The fourth-order valence-electron chi connectivity index (χ4n) is 2.38. The molecule has 0 fully saturated rings. The predicted molar refractivity (Wildman–Crippen MR) is 80.1 cm³/mol. The van der Waals surface area contributed by atoms with Gasteiger partial charge in [-0.05, 0) is 37.1 Å². The molecule has 0 radical (unpaired) electrons. The summed E-state index contributed by atoms with van der Waals surface area (Å²) in [4.78, 5) is 0. The van der Waals surface area contributed by atoms with E-state index in [0.29, 0.717) is 0 Å². The largest absolute Gasteiger partial charge is 0.492 e. The first kappa shape index (κ1) is 12.5. The van der Waals surface area contributed by atoms with Crippen molar-refractivity contribution in [2.24, 2.45) is 0 Å². The number of benzene rings is 2. The highest BCUT2D eigenvalue weighted by Gasteiger charge is 2.12. The molecule has 0 amide bonds. The lowest BCUT2D eigenvalue weighted by atomic mass is 10.1. The summed E-state index contributed by atoms with van der Waals surface area (Å²) in [6.07, 6.45) is 0. The molecule has 0 saturated heterocycles. The molecule has 0 atom stereocenters. The molecule has 0 saturated carbocycles. The van der Waals surface area contributed by atoms with Crippen LogP contribution >= 0.6 is 0 Å². The van der Waals surface area contributed by atoms with Crippen molar-refractivity contribution in [3.05, 3.63) is 65.7 Å². The van der Waals surface area contributed by atoms with Crippen LogP contribution in [0.3, 0.4) is 0 Å². The Morgan fingerprint density at radius 3 is 2.50 bits per heavy atom. The number of aryl methyl sites for hydroxylation is 2. The average molecular weight is 264 g/mol. The van der Waals surface area contributed by atoms with Crippen LogP contribution in [0.15, 0.2) is 54.6 Å². The van der Waals surface area contributed by atoms with E-state index >= 15 is 0 Å². The van der Waals surface area contributed by atoms with Gasteiger partial charge in [-0.25, -0.2) is 4.68 Å². The molecule has 1 heterocycles. The molecule has 0 unspecified atom stereocenters. The lowest BCUT2D eigenvalue weighted by Crippen LogP contribution is -2.00. The van der Waals surface area contributed by atoms with Gasteiger partial charge in [-0.3, -0.25) is 0 Å². The molecule has 100 valence electrons.